The third-order valence-electron chi connectivity index (χ3n) is 1.75. The van der Waals surface area contributed by atoms with E-state index in [0.717, 1.165) is 0 Å². The van der Waals surface area contributed by atoms with Crippen molar-refractivity contribution in [2.24, 2.45) is 0 Å². The van der Waals surface area contributed by atoms with Gasteiger partial charge in [0.15, 0.2) is 5.75 Å². The fourth-order valence-corrected chi connectivity index (χ4v) is 1.17. The zero-order valence-electron chi connectivity index (χ0n) is 12.2. The van der Waals surface area contributed by atoms with Crippen molar-refractivity contribution >= 4 is 13.8 Å². The zero-order valence-corrected chi connectivity index (χ0v) is 13.1. The second-order valence-electron chi connectivity index (χ2n) is 4.50. The van der Waals surface area contributed by atoms with Crippen molar-refractivity contribution in [1.82, 2.24) is 9.88 Å². The molecule has 12 heteroatoms. The first-order valence-electron chi connectivity index (χ1n) is 5.61. The molecule has 1 heterocycles. The molecule has 0 atom stereocenters. The van der Waals surface area contributed by atoms with E-state index in [1.807, 2.05) is 28.2 Å². The number of H-pyrrole nitrogens is 1. The SMILES string of the molecule is CN(C)C(Oc1ccc[nH]c1=O)=[N+](C)C.F[P-](F)(F)(F)(F)F. The Morgan fingerprint density at radius 2 is 1.64 bits per heavy atom. The molecule has 22 heavy (non-hydrogen) atoms. The van der Waals surface area contributed by atoms with E-state index in [4.69, 9.17) is 4.74 Å². The normalized spacial score (nSPS) is 13.9. The molecular weight excluding hydrogens is 339 g/mol. The molecule has 0 amide bonds. The summed E-state index contributed by atoms with van der Waals surface area (Å²) < 4.78 is 66.5. The van der Waals surface area contributed by atoms with E-state index in [-0.39, 0.29) is 11.3 Å². The van der Waals surface area contributed by atoms with E-state index in [1.165, 1.54) is 0 Å². The van der Waals surface area contributed by atoms with Crippen LogP contribution in [0.3, 0.4) is 0 Å². The van der Waals surface area contributed by atoms with Crippen LogP contribution in [-0.4, -0.2) is 48.7 Å². The number of halogens is 6. The van der Waals surface area contributed by atoms with Gasteiger partial charge >= 0.3 is 39.0 Å². The van der Waals surface area contributed by atoms with Gasteiger partial charge in [-0.2, -0.15) is 0 Å². The molecule has 5 nitrogen and oxygen atoms in total. The fraction of sp³-hybridized carbons (Fsp3) is 0.400. The van der Waals surface area contributed by atoms with Crippen LogP contribution in [-0.2, 0) is 0 Å². The van der Waals surface area contributed by atoms with E-state index >= 15 is 0 Å². The maximum absolute atomic E-state index is 11.4. The van der Waals surface area contributed by atoms with Gasteiger partial charge in [0, 0.05) is 6.20 Å². The van der Waals surface area contributed by atoms with Crippen LogP contribution in [0.25, 0.3) is 0 Å². The molecule has 0 unspecified atom stereocenters. The molecule has 0 aliphatic heterocycles. The molecule has 0 spiro atoms. The molecule has 0 radical (unpaired) electrons. The minimum atomic E-state index is -10.7. The Hall–Kier alpha value is -1.77. The van der Waals surface area contributed by atoms with Crippen LogP contribution < -0.4 is 10.3 Å². The van der Waals surface area contributed by atoms with Crippen molar-refractivity contribution < 1.29 is 34.5 Å². The van der Waals surface area contributed by atoms with E-state index in [1.54, 1.807) is 27.8 Å². The van der Waals surface area contributed by atoms with Crippen LogP contribution in [0.1, 0.15) is 0 Å². The summed E-state index contributed by atoms with van der Waals surface area (Å²) in [6.45, 7) is 0. The van der Waals surface area contributed by atoms with Gasteiger partial charge in [-0.1, -0.05) is 0 Å². The van der Waals surface area contributed by atoms with Crippen LogP contribution >= 0.6 is 7.81 Å². The predicted molar refractivity (Wildman–Crippen MR) is 72.1 cm³/mol. The molecule has 1 N–H and O–H groups in total. The van der Waals surface area contributed by atoms with E-state index in [0.29, 0.717) is 6.02 Å². The molecule has 1 aromatic rings. The summed E-state index contributed by atoms with van der Waals surface area (Å²) in [5, 5.41) is 0. The first kappa shape index (κ1) is 20.2. The summed E-state index contributed by atoms with van der Waals surface area (Å²) in [7, 11) is -3.24. The summed E-state index contributed by atoms with van der Waals surface area (Å²) >= 11 is 0. The van der Waals surface area contributed by atoms with Gasteiger partial charge in [-0.3, -0.25) is 4.79 Å². The monoisotopic (exact) mass is 355 g/mol. The zero-order chi connectivity index (χ0) is 17.8. The van der Waals surface area contributed by atoms with Crippen molar-refractivity contribution in [1.29, 1.82) is 0 Å². The van der Waals surface area contributed by atoms with E-state index in [9.17, 15) is 30.0 Å². The number of aromatic nitrogens is 1. The Morgan fingerprint density at radius 1 is 1.18 bits per heavy atom. The van der Waals surface area contributed by atoms with Gasteiger partial charge in [0.25, 0.3) is 5.56 Å². The molecule has 0 bridgehead atoms. The average molecular weight is 355 g/mol. The van der Waals surface area contributed by atoms with E-state index < -0.39 is 7.81 Å². The maximum atomic E-state index is 11.4. The fourth-order valence-electron chi connectivity index (χ4n) is 1.17. The molecule has 0 aliphatic rings. The summed E-state index contributed by atoms with van der Waals surface area (Å²) in [5.74, 6) is 0.287. The topological polar surface area (TPSA) is 48.3 Å². The van der Waals surface area contributed by atoms with Crippen molar-refractivity contribution in [2.45, 2.75) is 0 Å². The number of ether oxygens (including phenoxy) is 1. The molecular formula is C10H16F6N3O2P. The quantitative estimate of drug-likeness (QED) is 0.276. The number of nitrogens with one attached hydrogen (secondary N) is 1. The summed E-state index contributed by atoms with van der Waals surface area (Å²) in [6, 6.07) is 3.96. The molecule has 130 valence electrons. The van der Waals surface area contributed by atoms with Gasteiger partial charge in [0.2, 0.25) is 0 Å². The third-order valence-corrected chi connectivity index (χ3v) is 1.75. The van der Waals surface area contributed by atoms with Gasteiger partial charge in [-0.05, 0) is 12.1 Å². The summed E-state index contributed by atoms with van der Waals surface area (Å²) in [5.41, 5.74) is -0.237. The third kappa shape index (κ3) is 12.0. The second-order valence-corrected chi connectivity index (χ2v) is 6.41. The summed E-state index contributed by atoms with van der Waals surface area (Å²) in [4.78, 5) is 15.7. The number of hydrogen-bond acceptors (Lipinski definition) is 2. The number of hydrogen-bond donors (Lipinski definition) is 1. The van der Waals surface area contributed by atoms with Gasteiger partial charge in [-0.15, -0.1) is 0 Å². The molecule has 0 saturated carbocycles. The Morgan fingerprint density at radius 3 is 1.95 bits per heavy atom. The van der Waals surface area contributed by atoms with Gasteiger partial charge < -0.3 is 9.72 Å². The first-order valence-corrected chi connectivity index (χ1v) is 7.64. The van der Waals surface area contributed by atoms with Crippen molar-refractivity contribution in [3.8, 4) is 5.75 Å². The second kappa shape index (κ2) is 5.79. The first-order chi connectivity index (χ1) is 9.47. The van der Waals surface area contributed by atoms with Crippen molar-refractivity contribution in [2.75, 3.05) is 28.2 Å². The standard InChI is InChI=1S/C10H15N3O2.F6P/c1-12(2)10(13(3)4)15-8-6-5-7-11-9(8)14;1-7(2,3,4,5)6/h5-7H,1-4H3;/q;-1/p+1. The van der Waals surface area contributed by atoms with E-state index in [2.05, 4.69) is 4.98 Å². The predicted octanol–water partition coefficient (Wildman–Crippen LogP) is 3.33. The molecule has 0 fully saturated rings. The van der Waals surface area contributed by atoms with Crippen LogP contribution in [0.5, 0.6) is 5.75 Å². The summed E-state index contributed by atoms with van der Waals surface area (Å²) in [6.07, 6.45) is 1.57. The van der Waals surface area contributed by atoms with Gasteiger partial charge in [-0.25, -0.2) is 9.48 Å². The number of aromatic amines is 1. The molecule has 1 aromatic heterocycles. The minimum absolute atomic E-state index is 0.237. The Kier molecular flexibility index (Phi) is 5.32. The number of nitrogens with zero attached hydrogens (tertiary/aromatic N) is 2. The van der Waals surface area contributed by atoms with Crippen molar-refractivity contribution in [3.05, 3.63) is 28.7 Å². The van der Waals surface area contributed by atoms with Crippen LogP contribution in [0, 0.1) is 0 Å². The van der Waals surface area contributed by atoms with Gasteiger partial charge in [0.1, 0.15) is 0 Å². The van der Waals surface area contributed by atoms with Crippen LogP contribution in [0.4, 0.5) is 25.2 Å². The number of amidine groups is 1. The van der Waals surface area contributed by atoms with Crippen LogP contribution in [0.15, 0.2) is 23.1 Å². The molecule has 0 aliphatic carbocycles. The van der Waals surface area contributed by atoms with Crippen molar-refractivity contribution in [3.63, 3.8) is 0 Å². The molecule has 0 aromatic carbocycles. The van der Waals surface area contributed by atoms with Crippen LogP contribution in [0.2, 0.25) is 0 Å². The molecule has 0 saturated heterocycles. The van der Waals surface area contributed by atoms with Gasteiger partial charge in [0.05, 0.1) is 28.2 Å². The Bertz CT molecular complexity index is 593. The average Bonchev–Trinajstić information content (AvgIpc) is 2.22. The molecule has 1 rings (SSSR count). The Labute approximate surface area is 122 Å². The number of rotatable bonds is 1. The Balaban J connectivity index is 0.000000534. The number of pyridine rings is 1.